The summed E-state index contributed by atoms with van der Waals surface area (Å²) in [4.78, 5) is 0. The third-order valence-electron chi connectivity index (χ3n) is 4.03. The summed E-state index contributed by atoms with van der Waals surface area (Å²) >= 11 is 0. The Labute approximate surface area is 107 Å². The van der Waals surface area contributed by atoms with Crippen LogP contribution in [0.3, 0.4) is 0 Å². The lowest BCUT2D eigenvalue weighted by Crippen LogP contribution is -2.44. The van der Waals surface area contributed by atoms with Gasteiger partial charge in [0.1, 0.15) is 0 Å². The molecular formula is C15H31NO. The van der Waals surface area contributed by atoms with E-state index in [1.807, 2.05) is 0 Å². The topological polar surface area (TPSA) is 32.3 Å². The van der Waals surface area contributed by atoms with E-state index in [1.165, 1.54) is 51.4 Å². The van der Waals surface area contributed by atoms with E-state index in [2.05, 4.69) is 19.2 Å². The molecule has 0 radical (unpaired) electrons. The maximum Gasteiger partial charge on any atom is 0.0771 e. The molecule has 0 aromatic heterocycles. The normalized spacial score (nSPS) is 20.5. The standard InChI is InChI=1S/C15H31NO/c1-3-9-14(10-4-2)16-13-15(17)11-7-5-6-8-12-15/h14,16-17H,3-13H2,1-2H3. The predicted molar refractivity (Wildman–Crippen MR) is 74.3 cm³/mol. The molecule has 0 atom stereocenters. The van der Waals surface area contributed by atoms with Crippen molar-refractivity contribution in [3.63, 3.8) is 0 Å². The number of rotatable bonds is 7. The Kier molecular flexibility index (Phi) is 7.14. The molecule has 0 saturated heterocycles. The first-order valence-electron chi connectivity index (χ1n) is 7.66. The average Bonchev–Trinajstić information content (AvgIpc) is 2.52. The molecule has 2 heteroatoms. The zero-order valence-corrected chi connectivity index (χ0v) is 11.8. The van der Waals surface area contributed by atoms with Crippen molar-refractivity contribution in [1.82, 2.24) is 5.32 Å². The SMILES string of the molecule is CCCC(CCC)NCC1(O)CCCCCC1. The van der Waals surface area contributed by atoms with Crippen molar-refractivity contribution in [3.8, 4) is 0 Å². The lowest BCUT2D eigenvalue weighted by Gasteiger charge is -2.29. The van der Waals surface area contributed by atoms with Gasteiger partial charge in [-0.05, 0) is 25.7 Å². The van der Waals surface area contributed by atoms with Gasteiger partial charge < -0.3 is 10.4 Å². The first kappa shape index (κ1) is 15.0. The number of hydrogen-bond acceptors (Lipinski definition) is 2. The van der Waals surface area contributed by atoms with Crippen molar-refractivity contribution < 1.29 is 5.11 Å². The monoisotopic (exact) mass is 241 g/mol. The van der Waals surface area contributed by atoms with Crippen LogP contribution < -0.4 is 5.32 Å². The third-order valence-corrected chi connectivity index (χ3v) is 4.03. The van der Waals surface area contributed by atoms with Crippen molar-refractivity contribution in [2.45, 2.75) is 89.7 Å². The molecule has 17 heavy (non-hydrogen) atoms. The smallest absolute Gasteiger partial charge is 0.0771 e. The lowest BCUT2D eigenvalue weighted by molar-refractivity contribution is 0.0221. The first-order chi connectivity index (χ1) is 8.20. The molecule has 0 heterocycles. The molecule has 1 fully saturated rings. The van der Waals surface area contributed by atoms with Crippen LogP contribution in [0.25, 0.3) is 0 Å². The second-order valence-corrected chi connectivity index (χ2v) is 5.79. The minimum atomic E-state index is -0.420. The maximum absolute atomic E-state index is 10.6. The highest BCUT2D eigenvalue weighted by atomic mass is 16.3. The molecule has 0 amide bonds. The van der Waals surface area contributed by atoms with Crippen LogP contribution >= 0.6 is 0 Å². The minimum absolute atomic E-state index is 0.420. The van der Waals surface area contributed by atoms with Crippen LogP contribution in [0.15, 0.2) is 0 Å². The molecule has 0 unspecified atom stereocenters. The second-order valence-electron chi connectivity index (χ2n) is 5.79. The van der Waals surface area contributed by atoms with Gasteiger partial charge in [-0.25, -0.2) is 0 Å². The zero-order chi connectivity index (χ0) is 12.6. The van der Waals surface area contributed by atoms with Gasteiger partial charge in [0.15, 0.2) is 0 Å². The summed E-state index contributed by atoms with van der Waals surface area (Å²) in [5.74, 6) is 0. The van der Waals surface area contributed by atoms with E-state index in [1.54, 1.807) is 0 Å². The van der Waals surface area contributed by atoms with E-state index >= 15 is 0 Å². The van der Waals surface area contributed by atoms with Crippen molar-refractivity contribution in [2.75, 3.05) is 6.54 Å². The maximum atomic E-state index is 10.6. The molecule has 1 saturated carbocycles. The Morgan fingerprint density at radius 2 is 1.53 bits per heavy atom. The summed E-state index contributed by atoms with van der Waals surface area (Å²) in [6.07, 6.45) is 11.9. The van der Waals surface area contributed by atoms with Gasteiger partial charge in [-0.3, -0.25) is 0 Å². The number of nitrogens with one attached hydrogen (secondary N) is 1. The fourth-order valence-electron chi connectivity index (χ4n) is 2.94. The largest absolute Gasteiger partial charge is 0.389 e. The minimum Gasteiger partial charge on any atom is -0.389 e. The third kappa shape index (κ3) is 5.87. The van der Waals surface area contributed by atoms with Gasteiger partial charge >= 0.3 is 0 Å². The molecule has 0 spiro atoms. The molecule has 1 aliphatic carbocycles. The molecule has 1 aliphatic rings. The van der Waals surface area contributed by atoms with Gasteiger partial charge in [0.2, 0.25) is 0 Å². The molecule has 2 N–H and O–H groups in total. The van der Waals surface area contributed by atoms with Crippen LogP contribution in [0.4, 0.5) is 0 Å². The van der Waals surface area contributed by atoms with Crippen molar-refractivity contribution in [3.05, 3.63) is 0 Å². The molecule has 102 valence electrons. The molecule has 0 bridgehead atoms. The van der Waals surface area contributed by atoms with Crippen LogP contribution in [0.5, 0.6) is 0 Å². The fraction of sp³-hybridized carbons (Fsp3) is 1.00. The Bertz CT molecular complexity index is 179. The lowest BCUT2D eigenvalue weighted by atomic mass is 9.93. The number of aliphatic hydroxyl groups is 1. The van der Waals surface area contributed by atoms with Crippen LogP contribution in [0.1, 0.15) is 78.1 Å². The van der Waals surface area contributed by atoms with Crippen LogP contribution in [0.2, 0.25) is 0 Å². The second kappa shape index (κ2) is 8.10. The van der Waals surface area contributed by atoms with Gasteiger partial charge in [-0.2, -0.15) is 0 Å². The Morgan fingerprint density at radius 1 is 1.00 bits per heavy atom. The summed E-state index contributed by atoms with van der Waals surface area (Å²) < 4.78 is 0. The van der Waals surface area contributed by atoms with Gasteiger partial charge in [-0.15, -0.1) is 0 Å². The van der Waals surface area contributed by atoms with Crippen LogP contribution in [0, 0.1) is 0 Å². The average molecular weight is 241 g/mol. The molecule has 2 nitrogen and oxygen atoms in total. The Hall–Kier alpha value is -0.0800. The van der Waals surface area contributed by atoms with Gasteiger partial charge in [0.25, 0.3) is 0 Å². The number of hydrogen-bond donors (Lipinski definition) is 2. The van der Waals surface area contributed by atoms with E-state index < -0.39 is 5.60 Å². The van der Waals surface area contributed by atoms with Crippen LogP contribution in [-0.2, 0) is 0 Å². The summed E-state index contributed by atoms with van der Waals surface area (Å²) in [6.45, 7) is 5.28. The first-order valence-corrected chi connectivity index (χ1v) is 7.66. The van der Waals surface area contributed by atoms with Gasteiger partial charge in [0, 0.05) is 12.6 Å². The van der Waals surface area contributed by atoms with Crippen molar-refractivity contribution in [1.29, 1.82) is 0 Å². The molecular weight excluding hydrogens is 210 g/mol. The summed E-state index contributed by atoms with van der Waals surface area (Å²) in [7, 11) is 0. The van der Waals surface area contributed by atoms with E-state index in [-0.39, 0.29) is 0 Å². The zero-order valence-electron chi connectivity index (χ0n) is 11.8. The van der Waals surface area contributed by atoms with E-state index in [4.69, 9.17) is 0 Å². The highest BCUT2D eigenvalue weighted by Gasteiger charge is 2.28. The van der Waals surface area contributed by atoms with E-state index in [0.717, 1.165) is 19.4 Å². The van der Waals surface area contributed by atoms with Crippen LogP contribution in [-0.4, -0.2) is 23.3 Å². The highest BCUT2D eigenvalue weighted by molar-refractivity contribution is 4.84. The molecule has 0 aromatic rings. The van der Waals surface area contributed by atoms with Gasteiger partial charge in [-0.1, -0.05) is 52.4 Å². The fourth-order valence-corrected chi connectivity index (χ4v) is 2.94. The van der Waals surface area contributed by atoms with E-state index in [9.17, 15) is 5.11 Å². The predicted octanol–water partition coefficient (Wildman–Crippen LogP) is 3.63. The van der Waals surface area contributed by atoms with Crippen molar-refractivity contribution >= 4 is 0 Å². The van der Waals surface area contributed by atoms with Gasteiger partial charge in [0.05, 0.1) is 5.60 Å². The Balaban J connectivity index is 2.34. The van der Waals surface area contributed by atoms with Crippen molar-refractivity contribution in [2.24, 2.45) is 0 Å². The summed E-state index contributed by atoms with van der Waals surface area (Å²) in [6, 6.07) is 0.609. The summed E-state index contributed by atoms with van der Waals surface area (Å²) in [5.41, 5.74) is -0.420. The Morgan fingerprint density at radius 3 is 2.00 bits per heavy atom. The molecule has 0 aromatic carbocycles. The molecule has 0 aliphatic heterocycles. The molecule has 1 rings (SSSR count). The van der Waals surface area contributed by atoms with E-state index in [0.29, 0.717) is 6.04 Å². The highest BCUT2D eigenvalue weighted by Crippen LogP contribution is 2.26. The quantitative estimate of drug-likeness (QED) is 0.667. The summed E-state index contributed by atoms with van der Waals surface area (Å²) in [5, 5.41) is 14.2.